The average molecular weight is 321 g/mol. The lowest BCUT2D eigenvalue weighted by atomic mass is 10.2. The number of carbonyl (C=O) groups excluding carboxylic acids is 1. The van der Waals surface area contributed by atoms with E-state index in [2.05, 4.69) is 36.5 Å². The van der Waals surface area contributed by atoms with Gasteiger partial charge in [-0.05, 0) is 41.1 Å². The first-order valence-electron chi connectivity index (χ1n) is 5.68. The molecule has 19 heavy (non-hydrogen) atoms. The lowest BCUT2D eigenvalue weighted by Gasteiger charge is -2.09. The molecule has 1 amide bonds. The molecule has 0 bridgehead atoms. The monoisotopic (exact) mass is 320 g/mol. The molecule has 5 nitrogen and oxygen atoms in total. The molecular formula is C13H13BrN4O. The van der Waals surface area contributed by atoms with Crippen molar-refractivity contribution in [1.82, 2.24) is 9.97 Å². The van der Waals surface area contributed by atoms with Crippen molar-refractivity contribution in [2.45, 2.75) is 6.92 Å². The Labute approximate surface area is 119 Å². The number of rotatable bonds is 3. The molecule has 6 heteroatoms. The van der Waals surface area contributed by atoms with Gasteiger partial charge in [0.2, 0.25) is 0 Å². The number of halogens is 1. The fourth-order valence-electron chi connectivity index (χ4n) is 1.59. The van der Waals surface area contributed by atoms with E-state index in [1.54, 1.807) is 25.4 Å². The molecule has 0 fully saturated rings. The Morgan fingerprint density at radius 2 is 2.11 bits per heavy atom. The van der Waals surface area contributed by atoms with Gasteiger partial charge in [-0.1, -0.05) is 0 Å². The summed E-state index contributed by atoms with van der Waals surface area (Å²) in [7, 11) is 1.76. The Bertz CT molecular complexity index is 615. The Balaban J connectivity index is 2.23. The van der Waals surface area contributed by atoms with Crippen LogP contribution in [0.5, 0.6) is 0 Å². The molecule has 0 spiro atoms. The fourth-order valence-corrected chi connectivity index (χ4v) is 1.81. The molecule has 0 aliphatic heterocycles. The molecule has 0 aliphatic carbocycles. The largest absolute Gasteiger partial charge is 0.387 e. The van der Waals surface area contributed by atoms with E-state index < -0.39 is 0 Å². The number of nitrogens with zero attached hydrogens (tertiary/aromatic N) is 2. The van der Waals surface area contributed by atoms with Gasteiger partial charge in [0.1, 0.15) is 5.82 Å². The van der Waals surface area contributed by atoms with E-state index in [-0.39, 0.29) is 5.91 Å². The second-order valence-corrected chi connectivity index (χ2v) is 4.74. The van der Waals surface area contributed by atoms with Crippen LogP contribution in [0, 0.1) is 6.92 Å². The van der Waals surface area contributed by atoms with Crippen molar-refractivity contribution >= 4 is 33.3 Å². The molecule has 0 saturated carbocycles. The highest BCUT2D eigenvalue weighted by Gasteiger charge is 2.11. The molecule has 0 saturated heterocycles. The third-order valence-corrected chi connectivity index (χ3v) is 3.44. The number of amides is 1. The summed E-state index contributed by atoms with van der Waals surface area (Å²) in [6.07, 6.45) is 3.15. The number of hydrogen-bond donors (Lipinski definition) is 2. The number of anilines is 2. The van der Waals surface area contributed by atoms with Crippen molar-refractivity contribution < 1.29 is 4.79 Å². The van der Waals surface area contributed by atoms with Crippen LogP contribution in [-0.4, -0.2) is 22.9 Å². The van der Waals surface area contributed by atoms with E-state index in [1.165, 1.54) is 6.20 Å². The molecule has 2 rings (SSSR count). The Morgan fingerprint density at radius 3 is 2.79 bits per heavy atom. The van der Waals surface area contributed by atoms with Gasteiger partial charge in [0.15, 0.2) is 0 Å². The van der Waals surface area contributed by atoms with Crippen molar-refractivity contribution in [3.05, 3.63) is 46.3 Å². The highest BCUT2D eigenvalue weighted by Crippen LogP contribution is 2.18. The van der Waals surface area contributed by atoms with Gasteiger partial charge in [0, 0.05) is 29.6 Å². The van der Waals surface area contributed by atoms with Crippen molar-refractivity contribution in [2.75, 3.05) is 17.7 Å². The van der Waals surface area contributed by atoms with Crippen LogP contribution in [0.25, 0.3) is 0 Å². The third-order valence-electron chi connectivity index (χ3n) is 2.60. The van der Waals surface area contributed by atoms with E-state index >= 15 is 0 Å². The van der Waals surface area contributed by atoms with Gasteiger partial charge in [-0.25, -0.2) is 4.98 Å². The molecule has 2 aromatic rings. The first kappa shape index (κ1) is 13.5. The first-order valence-corrected chi connectivity index (χ1v) is 6.47. The maximum absolute atomic E-state index is 12.1. The number of aryl methyl sites for hydroxylation is 1. The lowest BCUT2D eigenvalue weighted by molar-refractivity contribution is 0.102. The SMILES string of the molecule is CNc1ccncc1C(=O)Nc1ccc(Br)c(C)n1. The van der Waals surface area contributed by atoms with E-state index in [1.807, 2.05) is 13.0 Å². The Hall–Kier alpha value is -1.95. The summed E-state index contributed by atoms with van der Waals surface area (Å²) in [5.41, 5.74) is 2.02. The van der Waals surface area contributed by atoms with Crippen LogP contribution in [0.15, 0.2) is 35.1 Å². The second kappa shape index (κ2) is 5.79. The number of nitrogens with one attached hydrogen (secondary N) is 2. The predicted octanol–water partition coefficient (Wildman–Crippen LogP) is 2.84. The smallest absolute Gasteiger partial charge is 0.260 e. The van der Waals surface area contributed by atoms with Gasteiger partial charge in [0.25, 0.3) is 5.91 Å². The lowest BCUT2D eigenvalue weighted by Crippen LogP contribution is -2.15. The molecule has 0 aliphatic rings. The number of aromatic nitrogens is 2. The van der Waals surface area contributed by atoms with E-state index in [0.717, 1.165) is 15.9 Å². The van der Waals surface area contributed by atoms with Gasteiger partial charge in [-0.3, -0.25) is 9.78 Å². The summed E-state index contributed by atoms with van der Waals surface area (Å²) >= 11 is 3.37. The minimum absolute atomic E-state index is 0.244. The maximum Gasteiger partial charge on any atom is 0.260 e. The molecule has 2 heterocycles. The van der Waals surface area contributed by atoms with Crippen molar-refractivity contribution in [2.24, 2.45) is 0 Å². The zero-order valence-electron chi connectivity index (χ0n) is 10.6. The molecule has 0 radical (unpaired) electrons. The van der Waals surface area contributed by atoms with Gasteiger partial charge >= 0.3 is 0 Å². The summed E-state index contributed by atoms with van der Waals surface area (Å²) in [6, 6.07) is 5.33. The van der Waals surface area contributed by atoms with Crippen LogP contribution in [-0.2, 0) is 0 Å². The number of hydrogen-bond acceptors (Lipinski definition) is 4. The maximum atomic E-state index is 12.1. The van der Waals surface area contributed by atoms with Crippen molar-refractivity contribution in [1.29, 1.82) is 0 Å². The van der Waals surface area contributed by atoms with Crippen molar-refractivity contribution in [3.63, 3.8) is 0 Å². The standard InChI is InChI=1S/C13H13BrN4O/c1-8-10(14)3-4-12(17-8)18-13(19)9-7-16-6-5-11(9)15-2/h3-7H,1-2H3,(H,15,16)(H,17,18,19). The Kier molecular flexibility index (Phi) is 4.11. The summed E-state index contributed by atoms with van der Waals surface area (Å²) in [5, 5.41) is 5.70. The number of pyridine rings is 2. The second-order valence-electron chi connectivity index (χ2n) is 3.89. The Morgan fingerprint density at radius 1 is 1.32 bits per heavy atom. The van der Waals surface area contributed by atoms with Crippen LogP contribution < -0.4 is 10.6 Å². The minimum Gasteiger partial charge on any atom is -0.387 e. The van der Waals surface area contributed by atoms with E-state index in [0.29, 0.717) is 11.4 Å². The normalized spacial score (nSPS) is 10.1. The van der Waals surface area contributed by atoms with Crippen LogP contribution in [0.1, 0.15) is 16.1 Å². The summed E-state index contributed by atoms with van der Waals surface area (Å²) < 4.78 is 0.905. The van der Waals surface area contributed by atoms with E-state index in [9.17, 15) is 4.79 Å². The molecular weight excluding hydrogens is 308 g/mol. The molecule has 0 aromatic carbocycles. The summed E-state index contributed by atoms with van der Waals surface area (Å²) in [6.45, 7) is 1.86. The third kappa shape index (κ3) is 3.08. The first-order chi connectivity index (χ1) is 9.11. The van der Waals surface area contributed by atoms with Crippen LogP contribution >= 0.6 is 15.9 Å². The average Bonchev–Trinajstić information content (AvgIpc) is 2.43. The highest BCUT2D eigenvalue weighted by molar-refractivity contribution is 9.10. The molecule has 0 atom stereocenters. The topological polar surface area (TPSA) is 66.9 Å². The van der Waals surface area contributed by atoms with Crippen LogP contribution in [0.4, 0.5) is 11.5 Å². The highest BCUT2D eigenvalue weighted by atomic mass is 79.9. The molecule has 2 aromatic heterocycles. The van der Waals surface area contributed by atoms with Crippen molar-refractivity contribution in [3.8, 4) is 0 Å². The fraction of sp³-hybridized carbons (Fsp3) is 0.154. The zero-order chi connectivity index (χ0) is 13.8. The van der Waals surface area contributed by atoms with Gasteiger partial charge in [0.05, 0.1) is 11.3 Å². The molecule has 98 valence electrons. The van der Waals surface area contributed by atoms with Gasteiger partial charge in [-0.2, -0.15) is 0 Å². The zero-order valence-corrected chi connectivity index (χ0v) is 12.2. The number of carbonyl (C=O) groups is 1. The van der Waals surface area contributed by atoms with Gasteiger partial charge in [-0.15, -0.1) is 0 Å². The molecule has 2 N–H and O–H groups in total. The summed E-state index contributed by atoms with van der Waals surface area (Å²) in [4.78, 5) is 20.4. The van der Waals surface area contributed by atoms with Crippen LogP contribution in [0.3, 0.4) is 0 Å². The van der Waals surface area contributed by atoms with Crippen LogP contribution in [0.2, 0.25) is 0 Å². The van der Waals surface area contributed by atoms with Gasteiger partial charge < -0.3 is 10.6 Å². The molecule has 0 unspecified atom stereocenters. The minimum atomic E-state index is -0.244. The quantitative estimate of drug-likeness (QED) is 0.912. The summed E-state index contributed by atoms with van der Waals surface area (Å²) in [5.74, 6) is 0.267. The van der Waals surface area contributed by atoms with E-state index in [4.69, 9.17) is 0 Å². The predicted molar refractivity (Wildman–Crippen MR) is 78.4 cm³/mol.